The SMILES string of the molecule is Br.CN(CCCCN(C)CCc1ccc(Cl)c(Cl)c1)CCCCN1CCCC1. The molecule has 0 spiro atoms. The molecule has 1 saturated heterocycles. The van der Waals surface area contributed by atoms with Gasteiger partial charge in [0.15, 0.2) is 0 Å². The molecule has 1 aliphatic heterocycles. The Hall–Kier alpha value is 0.160. The van der Waals surface area contributed by atoms with Crippen molar-refractivity contribution in [2.75, 3.05) is 59.9 Å². The van der Waals surface area contributed by atoms with Crippen molar-refractivity contribution in [3.63, 3.8) is 0 Å². The van der Waals surface area contributed by atoms with Crippen LogP contribution in [0.4, 0.5) is 0 Å². The molecule has 1 aromatic carbocycles. The molecule has 0 bridgehead atoms. The van der Waals surface area contributed by atoms with Crippen LogP contribution in [0.25, 0.3) is 0 Å². The average Bonchev–Trinajstić information content (AvgIpc) is 3.17. The van der Waals surface area contributed by atoms with Crippen molar-refractivity contribution in [2.45, 2.75) is 44.9 Å². The highest BCUT2D eigenvalue weighted by Gasteiger charge is 2.10. The zero-order chi connectivity index (χ0) is 19.5. The number of benzene rings is 1. The predicted octanol–water partition coefficient (Wildman–Crippen LogP) is 5.63. The molecule has 3 nitrogen and oxygen atoms in total. The number of likely N-dealkylation sites (tertiary alicyclic amines) is 1. The summed E-state index contributed by atoms with van der Waals surface area (Å²) in [4.78, 5) is 7.53. The monoisotopic (exact) mass is 493 g/mol. The third-order valence-corrected chi connectivity index (χ3v) is 6.30. The van der Waals surface area contributed by atoms with Crippen LogP contribution in [-0.2, 0) is 6.42 Å². The summed E-state index contributed by atoms with van der Waals surface area (Å²) in [5, 5.41) is 1.29. The van der Waals surface area contributed by atoms with Gasteiger partial charge in [-0.25, -0.2) is 0 Å². The van der Waals surface area contributed by atoms with Crippen LogP contribution in [-0.4, -0.2) is 74.6 Å². The number of halogens is 3. The van der Waals surface area contributed by atoms with E-state index in [1.807, 2.05) is 12.1 Å². The molecule has 1 fully saturated rings. The maximum Gasteiger partial charge on any atom is 0.0595 e. The largest absolute Gasteiger partial charge is 0.306 e. The summed E-state index contributed by atoms with van der Waals surface area (Å²) in [6.45, 7) is 8.63. The van der Waals surface area contributed by atoms with Crippen molar-refractivity contribution in [2.24, 2.45) is 0 Å². The van der Waals surface area contributed by atoms with Gasteiger partial charge < -0.3 is 14.7 Å². The predicted molar refractivity (Wildman–Crippen MR) is 130 cm³/mol. The number of rotatable bonds is 13. The van der Waals surface area contributed by atoms with E-state index < -0.39 is 0 Å². The summed E-state index contributed by atoms with van der Waals surface area (Å²) in [6, 6.07) is 5.94. The maximum absolute atomic E-state index is 6.09. The Morgan fingerprint density at radius 2 is 1.39 bits per heavy atom. The fraction of sp³-hybridized carbons (Fsp3) is 0.727. The topological polar surface area (TPSA) is 9.72 Å². The molecule has 6 heteroatoms. The van der Waals surface area contributed by atoms with Gasteiger partial charge in [-0.1, -0.05) is 29.3 Å². The molecule has 0 atom stereocenters. The molecule has 1 aliphatic rings. The standard InChI is InChI=1S/C22H37Cl2N3.BrH/c1-25(13-5-6-15-27-16-7-8-17-27)12-3-4-14-26(2)18-11-20-9-10-21(23)22(24)19-20;/h9-10,19H,3-8,11-18H2,1-2H3;1H. The lowest BCUT2D eigenvalue weighted by Gasteiger charge is -2.20. The Labute approximate surface area is 193 Å². The molecule has 0 amide bonds. The first-order valence-electron chi connectivity index (χ1n) is 10.6. The average molecular weight is 495 g/mol. The van der Waals surface area contributed by atoms with Gasteiger partial charge in [-0.05, 0) is 116 Å². The highest BCUT2D eigenvalue weighted by atomic mass is 79.9. The normalized spacial score (nSPS) is 14.8. The number of hydrogen-bond acceptors (Lipinski definition) is 3. The molecule has 1 aromatic rings. The zero-order valence-electron chi connectivity index (χ0n) is 17.6. The summed E-state index contributed by atoms with van der Waals surface area (Å²) in [6.07, 6.45) is 9.04. The van der Waals surface area contributed by atoms with E-state index in [4.69, 9.17) is 23.2 Å². The molecule has 0 saturated carbocycles. The van der Waals surface area contributed by atoms with Crippen molar-refractivity contribution in [3.8, 4) is 0 Å². The highest BCUT2D eigenvalue weighted by Crippen LogP contribution is 2.22. The van der Waals surface area contributed by atoms with Gasteiger partial charge in [-0.3, -0.25) is 0 Å². The smallest absolute Gasteiger partial charge is 0.0595 e. The van der Waals surface area contributed by atoms with Crippen molar-refractivity contribution < 1.29 is 0 Å². The van der Waals surface area contributed by atoms with E-state index in [0.29, 0.717) is 10.0 Å². The minimum atomic E-state index is 0. The quantitative estimate of drug-likeness (QED) is 0.329. The molecule has 2 rings (SSSR count). The minimum absolute atomic E-state index is 0. The second kappa shape index (κ2) is 15.0. The highest BCUT2D eigenvalue weighted by molar-refractivity contribution is 8.93. The minimum Gasteiger partial charge on any atom is -0.306 e. The van der Waals surface area contributed by atoms with E-state index in [0.717, 1.165) is 19.5 Å². The van der Waals surface area contributed by atoms with Crippen LogP contribution in [0.2, 0.25) is 10.0 Å². The van der Waals surface area contributed by atoms with Gasteiger partial charge in [-0.15, -0.1) is 17.0 Å². The summed E-state index contributed by atoms with van der Waals surface area (Å²) in [5.74, 6) is 0. The third kappa shape index (κ3) is 10.8. The van der Waals surface area contributed by atoms with Crippen LogP contribution < -0.4 is 0 Å². The molecule has 1 heterocycles. The molecule has 0 N–H and O–H groups in total. The van der Waals surface area contributed by atoms with E-state index in [1.54, 1.807) is 0 Å². The Bertz CT molecular complexity index is 539. The molecule has 0 unspecified atom stereocenters. The number of hydrogen-bond donors (Lipinski definition) is 0. The van der Waals surface area contributed by atoms with Gasteiger partial charge in [0, 0.05) is 6.54 Å². The van der Waals surface area contributed by atoms with Crippen molar-refractivity contribution in [1.29, 1.82) is 0 Å². The fourth-order valence-corrected chi connectivity index (χ4v) is 4.05. The molecule has 0 aromatic heterocycles. The zero-order valence-corrected chi connectivity index (χ0v) is 20.9. The number of likely N-dealkylation sites (N-methyl/N-ethyl adjacent to an activating group) is 1. The molecule has 162 valence electrons. The van der Waals surface area contributed by atoms with E-state index in [9.17, 15) is 0 Å². The lowest BCUT2D eigenvalue weighted by molar-refractivity contribution is 0.279. The van der Waals surface area contributed by atoms with Gasteiger partial charge in [0.25, 0.3) is 0 Å². The van der Waals surface area contributed by atoms with E-state index in [1.165, 1.54) is 76.8 Å². The van der Waals surface area contributed by atoms with E-state index in [2.05, 4.69) is 34.9 Å². The Morgan fingerprint density at radius 3 is 2.00 bits per heavy atom. The van der Waals surface area contributed by atoms with Gasteiger partial charge in [0.1, 0.15) is 0 Å². The summed E-state index contributed by atoms with van der Waals surface area (Å²) < 4.78 is 0. The van der Waals surface area contributed by atoms with E-state index >= 15 is 0 Å². The van der Waals surface area contributed by atoms with Crippen LogP contribution in [0.15, 0.2) is 18.2 Å². The third-order valence-electron chi connectivity index (χ3n) is 5.56. The Morgan fingerprint density at radius 1 is 0.821 bits per heavy atom. The lowest BCUT2D eigenvalue weighted by atomic mass is 10.1. The van der Waals surface area contributed by atoms with E-state index in [-0.39, 0.29) is 17.0 Å². The van der Waals surface area contributed by atoms with Gasteiger partial charge in [-0.2, -0.15) is 0 Å². The van der Waals surface area contributed by atoms with Crippen molar-refractivity contribution in [3.05, 3.63) is 33.8 Å². The first-order valence-corrected chi connectivity index (χ1v) is 11.3. The Balaban J connectivity index is 0.00000392. The second-order valence-corrected chi connectivity index (χ2v) is 8.88. The number of nitrogens with zero attached hydrogens (tertiary/aromatic N) is 3. The summed E-state index contributed by atoms with van der Waals surface area (Å²) in [5.41, 5.74) is 1.25. The van der Waals surface area contributed by atoms with Crippen LogP contribution in [0.1, 0.15) is 44.1 Å². The first kappa shape index (κ1) is 26.2. The van der Waals surface area contributed by atoms with Gasteiger partial charge >= 0.3 is 0 Å². The number of unbranched alkanes of at least 4 members (excludes halogenated alkanes) is 2. The molecule has 0 radical (unpaired) electrons. The maximum atomic E-state index is 6.09. The fourth-order valence-electron chi connectivity index (χ4n) is 3.73. The summed E-state index contributed by atoms with van der Waals surface area (Å²) >= 11 is 12.1. The summed E-state index contributed by atoms with van der Waals surface area (Å²) in [7, 11) is 4.48. The second-order valence-electron chi connectivity index (χ2n) is 8.07. The molecular formula is C22H38BrCl2N3. The van der Waals surface area contributed by atoms with Crippen LogP contribution in [0, 0.1) is 0 Å². The van der Waals surface area contributed by atoms with Gasteiger partial charge in [0.2, 0.25) is 0 Å². The Kier molecular flexibility index (Phi) is 14.1. The van der Waals surface area contributed by atoms with Crippen LogP contribution >= 0.6 is 40.2 Å². The molecule has 0 aliphatic carbocycles. The first-order chi connectivity index (χ1) is 13.0. The van der Waals surface area contributed by atoms with Gasteiger partial charge in [0.05, 0.1) is 10.0 Å². The van der Waals surface area contributed by atoms with Crippen LogP contribution in [0.5, 0.6) is 0 Å². The van der Waals surface area contributed by atoms with Crippen molar-refractivity contribution in [1.82, 2.24) is 14.7 Å². The van der Waals surface area contributed by atoms with Crippen LogP contribution in [0.3, 0.4) is 0 Å². The van der Waals surface area contributed by atoms with Crippen molar-refractivity contribution >= 4 is 40.2 Å². The lowest BCUT2D eigenvalue weighted by Crippen LogP contribution is -2.26. The molecule has 28 heavy (non-hydrogen) atoms. The molecular weight excluding hydrogens is 457 g/mol.